The molecule has 23 heavy (non-hydrogen) atoms. The standard InChI is InChI=1S/C16H16ClN5O/c1-10(16-19-15(21-23-16)11-6-7-11)18-14-8-9-22(20-14)13-5-3-2-4-12(13)17/h2-5,8-11H,6-7H2,1H3,(H,18,20)/t10-/m1/s1. The van der Waals surface area contributed by atoms with Gasteiger partial charge in [0.2, 0.25) is 5.89 Å². The van der Waals surface area contributed by atoms with E-state index >= 15 is 0 Å². The highest BCUT2D eigenvalue weighted by atomic mass is 35.5. The first kappa shape index (κ1) is 14.3. The summed E-state index contributed by atoms with van der Waals surface area (Å²) in [6, 6.07) is 9.36. The molecule has 1 aliphatic rings. The monoisotopic (exact) mass is 329 g/mol. The van der Waals surface area contributed by atoms with Crippen molar-refractivity contribution in [1.29, 1.82) is 0 Å². The second-order valence-corrected chi connectivity index (χ2v) is 6.14. The summed E-state index contributed by atoms with van der Waals surface area (Å²) in [7, 11) is 0. The number of para-hydroxylation sites is 1. The molecule has 0 unspecified atom stereocenters. The molecule has 1 aliphatic carbocycles. The highest BCUT2D eigenvalue weighted by Crippen LogP contribution is 2.38. The summed E-state index contributed by atoms with van der Waals surface area (Å²) in [4.78, 5) is 4.45. The lowest BCUT2D eigenvalue weighted by Crippen LogP contribution is -2.08. The van der Waals surface area contributed by atoms with Gasteiger partial charge in [-0.3, -0.25) is 0 Å². The fourth-order valence-electron chi connectivity index (χ4n) is 2.39. The summed E-state index contributed by atoms with van der Waals surface area (Å²) in [5.41, 5.74) is 0.837. The minimum Gasteiger partial charge on any atom is -0.357 e. The van der Waals surface area contributed by atoms with Gasteiger partial charge in [-0.2, -0.15) is 10.1 Å². The highest BCUT2D eigenvalue weighted by molar-refractivity contribution is 6.32. The molecule has 7 heteroatoms. The molecule has 2 heterocycles. The molecule has 6 nitrogen and oxygen atoms in total. The van der Waals surface area contributed by atoms with E-state index in [-0.39, 0.29) is 6.04 Å². The van der Waals surface area contributed by atoms with Crippen molar-refractivity contribution >= 4 is 17.4 Å². The topological polar surface area (TPSA) is 68.8 Å². The zero-order chi connectivity index (χ0) is 15.8. The van der Waals surface area contributed by atoms with E-state index in [4.69, 9.17) is 16.1 Å². The van der Waals surface area contributed by atoms with E-state index in [1.807, 2.05) is 43.5 Å². The molecule has 2 aromatic heterocycles. The zero-order valence-electron chi connectivity index (χ0n) is 12.6. The number of nitrogens with zero attached hydrogens (tertiary/aromatic N) is 4. The summed E-state index contributed by atoms with van der Waals surface area (Å²) in [6.45, 7) is 1.97. The summed E-state index contributed by atoms with van der Waals surface area (Å²) < 4.78 is 7.07. The average molecular weight is 330 g/mol. The molecule has 0 bridgehead atoms. The molecule has 1 atom stereocenters. The van der Waals surface area contributed by atoms with Crippen molar-refractivity contribution in [2.45, 2.75) is 31.7 Å². The lowest BCUT2D eigenvalue weighted by atomic mass is 10.3. The van der Waals surface area contributed by atoms with E-state index in [0.717, 1.165) is 30.2 Å². The number of nitrogens with one attached hydrogen (secondary N) is 1. The first-order valence-corrected chi connectivity index (χ1v) is 7.99. The third kappa shape index (κ3) is 2.94. The molecule has 3 aromatic rings. The van der Waals surface area contributed by atoms with Crippen LogP contribution in [0.4, 0.5) is 5.82 Å². The van der Waals surface area contributed by atoms with Crippen LogP contribution < -0.4 is 5.32 Å². The number of halogens is 1. The maximum atomic E-state index is 6.19. The van der Waals surface area contributed by atoms with E-state index < -0.39 is 0 Å². The van der Waals surface area contributed by atoms with Crippen LogP contribution >= 0.6 is 11.6 Å². The zero-order valence-corrected chi connectivity index (χ0v) is 13.4. The van der Waals surface area contributed by atoms with Gasteiger partial charge in [0.05, 0.1) is 10.7 Å². The smallest absolute Gasteiger partial charge is 0.248 e. The van der Waals surface area contributed by atoms with Gasteiger partial charge < -0.3 is 9.84 Å². The molecular weight excluding hydrogens is 314 g/mol. The van der Waals surface area contributed by atoms with Gasteiger partial charge >= 0.3 is 0 Å². The Bertz CT molecular complexity index is 823. The van der Waals surface area contributed by atoms with Gasteiger partial charge in [-0.25, -0.2) is 4.68 Å². The second-order valence-electron chi connectivity index (χ2n) is 5.73. The van der Waals surface area contributed by atoms with Gasteiger partial charge in [-0.05, 0) is 31.9 Å². The van der Waals surface area contributed by atoms with Crippen molar-refractivity contribution in [2.24, 2.45) is 0 Å². The van der Waals surface area contributed by atoms with Gasteiger partial charge in [0.25, 0.3) is 0 Å². The summed E-state index contributed by atoms with van der Waals surface area (Å²) >= 11 is 6.19. The van der Waals surface area contributed by atoms with Crippen molar-refractivity contribution in [3.63, 3.8) is 0 Å². The Labute approximate surface area is 138 Å². The number of anilines is 1. The summed E-state index contributed by atoms with van der Waals surface area (Å²) in [5, 5.41) is 12.5. The van der Waals surface area contributed by atoms with Crippen molar-refractivity contribution in [3.05, 3.63) is 53.3 Å². The second kappa shape index (κ2) is 5.70. The van der Waals surface area contributed by atoms with Crippen molar-refractivity contribution in [3.8, 4) is 5.69 Å². The minimum atomic E-state index is -0.107. The van der Waals surface area contributed by atoms with Crippen LogP contribution in [0, 0.1) is 0 Å². The molecular formula is C16H16ClN5O. The van der Waals surface area contributed by atoms with Gasteiger partial charge in [-0.15, -0.1) is 0 Å². The number of aromatic nitrogens is 4. The molecule has 0 radical (unpaired) electrons. The van der Waals surface area contributed by atoms with E-state index in [9.17, 15) is 0 Å². The third-order valence-electron chi connectivity index (χ3n) is 3.82. The molecule has 0 aliphatic heterocycles. The largest absolute Gasteiger partial charge is 0.357 e. The molecule has 118 valence electrons. The van der Waals surface area contributed by atoms with Crippen LogP contribution in [0.15, 0.2) is 41.1 Å². The number of benzene rings is 1. The van der Waals surface area contributed by atoms with Crippen molar-refractivity contribution in [2.75, 3.05) is 5.32 Å². The first-order valence-electron chi connectivity index (χ1n) is 7.61. The molecule has 0 spiro atoms. The van der Waals surface area contributed by atoms with Crippen LogP contribution in [0.1, 0.15) is 43.4 Å². The first-order chi connectivity index (χ1) is 11.2. The Morgan fingerprint density at radius 1 is 1.30 bits per heavy atom. The van der Waals surface area contributed by atoms with Crippen LogP contribution in [-0.4, -0.2) is 19.9 Å². The maximum absolute atomic E-state index is 6.19. The van der Waals surface area contributed by atoms with Crippen LogP contribution in [0.5, 0.6) is 0 Å². The third-order valence-corrected chi connectivity index (χ3v) is 4.14. The van der Waals surface area contributed by atoms with Crippen molar-refractivity contribution < 1.29 is 4.52 Å². The average Bonchev–Trinajstić information content (AvgIpc) is 3.10. The quantitative estimate of drug-likeness (QED) is 0.767. The Balaban J connectivity index is 1.49. The fraction of sp³-hybridized carbons (Fsp3) is 0.312. The molecule has 0 amide bonds. The lowest BCUT2D eigenvalue weighted by molar-refractivity contribution is 0.362. The van der Waals surface area contributed by atoms with Crippen molar-refractivity contribution in [1.82, 2.24) is 19.9 Å². The van der Waals surface area contributed by atoms with E-state index in [1.54, 1.807) is 4.68 Å². The van der Waals surface area contributed by atoms with Crippen LogP contribution in [0.25, 0.3) is 5.69 Å². The minimum absolute atomic E-state index is 0.107. The predicted molar refractivity (Wildman–Crippen MR) is 86.9 cm³/mol. The Hall–Kier alpha value is -2.34. The lowest BCUT2D eigenvalue weighted by Gasteiger charge is -2.08. The van der Waals surface area contributed by atoms with Crippen LogP contribution in [-0.2, 0) is 0 Å². The molecule has 1 N–H and O–H groups in total. The number of hydrogen-bond acceptors (Lipinski definition) is 5. The van der Waals surface area contributed by atoms with Gasteiger partial charge in [-0.1, -0.05) is 28.9 Å². The van der Waals surface area contributed by atoms with E-state index in [2.05, 4.69) is 20.6 Å². The summed E-state index contributed by atoms with van der Waals surface area (Å²) in [5.74, 6) is 2.61. The van der Waals surface area contributed by atoms with E-state index in [1.165, 1.54) is 0 Å². The van der Waals surface area contributed by atoms with Gasteiger partial charge in [0.15, 0.2) is 5.82 Å². The Morgan fingerprint density at radius 2 is 2.13 bits per heavy atom. The molecule has 4 rings (SSSR count). The molecule has 1 aromatic carbocycles. The number of rotatable bonds is 5. The maximum Gasteiger partial charge on any atom is 0.248 e. The molecule has 1 fully saturated rings. The Kier molecular flexibility index (Phi) is 3.53. The van der Waals surface area contributed by atoms with E-state index in [0.29, 0.717) is 16.8 Å². The normalized spacial score (nSPS) is 15.6. The Morgan fingerprint density at radius 3 is 2.91 bits per heavy atom. The fourth-order valence-corrected chi connectivity index (χ4v) is 2.61. The van der Waals surface area contributed by atoms with Gasteiger partial charge in [0, 0.05) is 18.2 Å². The number of hydrogen-bond donors (Lipinski definition) is 1. The molecule has 1 saturated carbocycles. The SMILES string of the molecule is C[C@@H](Nc1ccn(-c2ccccc2Cl)n1)c1nc(C2CC2)no1. The molecule has 0 saturated heterocycles. The van der Waals surface area contributed by atoms with Gasteiger partial charge in [0.1, 0.15) is 11.9 Å². The van der Waals surface area contributed by atoms with Crippen LogP contribution in [0.2, 0.25) is 5.02 Å². The van der Waals surface area contributed by atoms with Crippen LogP contribution in [0.3, 0.4) is 0 Å². The highest BCUT2D eigenvalue weighted by Gasteiger charge is 2.29. The summed E-state index contributed by atoms with van der Waals surface area (Å²) in [6.07, 6.45) is 4.17. The predicted octanol–water partition coefficient (Wildman–Crippen LogP) is 3.96.